The van der Waals surface area contributed by atoms with Crippen LogP contribution in [0.1, 0.15) is 36.8 Å². The number of fused-ring (bicyclic) bond motifs is 1. The summed E-state index contributed by atoms with van der Waals surface area (Å²) in [5.41, 5.74) is 5.76. The summed E-state index contributed by atoms with van der Waals surface area (Å²) in [7, 11) is 0. The van der Waals surface area contributed by atoms with Gasteiger partial charge in [-0.25, -0.2) is 0 Å². The van der Waals surface area contributed by atoms with E-state index in [1.807, 2.05) is 0 Å². The fraction of sp³-hybridized carbons (Fsp3) is 0.778. The van der Waals surface area contributed by atoms with E-state index in [2.05, 4.69) is 14.8 Å². The molecule has 0 spiro atoms. The molecule has 0 amide bonds. The highest BCUT2D eigenvalue weighted by Gasteiger charge is 2.32. The highest BCUT2D eigenvalue weighted by Crippen LogP contribution is 2.35. The zero-order chi connectivity index (χ0) is 8.84. The summed E-state index contributed by atoms with van der Waals surface area (Å²) in [6.07, 6.45) is 4.53. The molecule has 0 unspecified atom stereocenters. The Bertz CT molecular complexity index is 324. The zero-order valence-corrected chi connectivity index (χ0v) is 7.61. The number of nitrogens with two attached hydrogens (primary N) is 1. The van der Waals surface area contributed by atoms with Crippen molar-refractivity contribution in [2.45, 2.75) is 44.2 Å². The molecule has 1 aliphatic heterocycles. The summed E-state index contributed by atoms with van der Waals surface area (Å²) in [6, 6.07) is 0.402. The standard InChI is InChI=1S/C9H14N4/c10-7-4-6(5-7)9-12-11-8-2-1-3-13(8)9/h6-7H,1-5,10H2. The molecule has 0 radical (unpaired) electrons. The van der Waals surface area contributed by atoms with E-state index in [1.165, 1.54) is 18.1 Å². The second-order valence-electron chi connectivity index (χ2n) is 4.16. The third-order valence-corrected chi connectivity index (χ3v) is 3.18. The first-order valence-corrected chi connectivity index (χ1v) is 5.02. The monoisotopic (exact) mass is 178 g/mol. The van der Waals surface area contributed by atoms with Crippen molar-refractivity contribution in [1.29, 1.82) is 0 Å². The summed E-state index contributed by atoms with van der Waals surface area (Å²) in [4.78, 5) is 0. The summed E-state index contributed by atoms with van der Waals surface area (Å²) < 4.78 is 2.29. The van der Waals surface area contributed by atoms with Gasteiger partial charge in [-0.1, -0.05) is 0 Å². The van der Waals surface area contributed by atoms with Crippen molar-refractivity contribution in [2.24, 2.45) is 5.73 Å². The van der Waals surface area contributed by atoms with Gasteiger partial charge in [0.15, 0.2) is 0 Å². The average Bonchev–Trinajstić information content (AvgIpc) is 2.58. The third-order valence-electron chi connectivity index (χ3n) is 3.18. The van der Waals surface area contributed by atoms with E-state index in [4.69, 9.17) is 5.73 Å². The lowest BCUT2D eigenvalue weighted by Gasteiger charge is -2.31. The Labute approximate surface area is 77.1 Å². The first-order valence-electron chi connectivity index (χ1n) is 5.02. The molecule has 2 aliphatic rings. The second kappa shape index (κ2) is 2.54. The lowest BCUT2D eigenvalue weighted by atomic mass is 9.80. The average molecular weight is 178 g/mol. The maximum atomic E-state index is 5.76. The molecule has 0 saturated heterocycles. The van der Waals surface area contributed by atoms with Crippen LogP contribution in [0.4, 0.5) is 0 Å². The molecule has 1 aliphatic carbocycles. The smallest absolute Gasteiger partial charge is 0.136 e. The minimum Gasteiger partial charge on any atom is -0.328 e. The third kappa shape index (κ3) is 1.01. The Balaban J connectivity index is 1.89. The zero-order valence-electron chi connectivity index (χ0n) is 7.61. The van der Waals surface area contributed by atoms with Gasteiger partial charge in [-0.2, -0.15) is 0 Å². The van der Waals surface area contributed by atoms with Crippen molar-refractivity contribution in [3.05, 3.63) is 11.6 Å². The number of rotatable bonds is 1. The number of aryl methyl sites for hydroxylation is 1. The molecule has 4 nitrogen and oxygen atoms in total. The minimum atomic E-state index is 0.402. The molecule has 3 rings (SSSR count). The van der Waals surface area contributed by atoms with Crippen LogP contribution in [0.2, 0.25) is 0 Å². The van der Waals surface area contributed by atoms with E-state index in [1.54, 1.807) is 0 Å². The van der Waals surface area contributed by atoms with Crippen LogP contribution in [0, 0.1) is 0 Å². The van der Waals surface area contributed by atoms with E-state index in [-0.39, 0.29) is 0 Å². The van der Waals surface area contributed by atoms with E-state index in [0.717, 1.165) is 25.8 Å². The van der Waals surface area contributed by atoms with Gasteiger partial charge in [0.1, 0.15) is 11.6 Å². The Morgan fingerprint density at radius 1 is 1.31 bits per heavy atom. The van der Waals surface area contributed by atoms with Gasteiger partial charge in [0.25, 0.3) is 0 Å². The van der Waals surface area contributed by atoms with Crippen LogP contribution >= 0.6 is 0 Å². The molecule has 70 valence electrons. The van der Waals surface area contributed by atoms with Crippen molar-refractivity contribution in [2.75, 3.05) is 0 Å². The summed E-state index contributed by atoms with van der Waals surface area (Å²) in [6.45, 7) is 1.11. The normalized spacial score (nSPS) is 31.5. The molecule has 1 aromatic heterocycles. The van der Waals surface area contributed by atoms with Crippen LogP contribution in [0.25, 0.3) is 0 Å². The molecular weight excluding hydrogens is 164 g/mol. The van der Waals surface area contributed by atoms with Gasteiger partial charge in [-0.05, 0) is 19.3 Å². The van der Waals surface area contributed by atoms with Crippen molar-refractivity contribution < 1.29 is 0 Å². The van der Waals surface area contributed by atoms with E-state index < -0.39 is 0 Å². The number of nitrogens with zero attached hydrogens (tertiary/aromatic N) is 3. The number of aromatic nitrogens is 3. The predicted octanol–water partition coefficient (Wildman–Crippen LogP) is 0.429. The van der Waals surface area contributed by atoms with Gasteiger partial charge >= 0.3 is 0 Å². The highest BCUT2D eigenvalue weighted by atomic mass is 15.3. The first-order chi connectivity index (χ1) is 6.34. The highest BCUT2D eigenvalue weighted by molar-refractivity contribution is 5.10. The van der Waals surface area contributed by atoms with Crippen LogP contribution in [-0.2, 0) is 13.0 Å². The van der Waals surface area contributed by atoms with Gasteiger partial charge in [0.2, 0.25) is 0 Å². The van der Waals surface area contributed by atoms with Crippen LogP contribution in [0.5, 0.6) is 0 Å². The van der Waals surface area contributed by atoms with Gasteiger partial charge in [0.05, 0.1) is 0 Å². The number of hydrogen-bond donors (Lipinski definition) is 1. The Morgan fingerprint density at radius 3 is 2.92 bits per heavy atom. The van der Waals surface area contributed by atoms with Crippen LogP contribution in [0.15, 0.2) is 0 Å². The molecule has 0 atom stereocenters. The van der Waals surface area contributed by atoms with Gasteiger partial charge in [0, 0.05) is 24.9 Å². The molecule has 1 saturated carbocycles. The van der Waals surface area contributed by atoms with Gasteiger partial charge < -0.3 is 10.3 Å². The van der Waals surface area contributed by atoms with E-state index in [9.17, 15) is 0 Å². The molecule has 0 aromatic carbocycles. The van der Waals surface area contributed by atoms with Crippen molar-refractivity contribution in [3.63, 3.8) is 0 Å². The summed E-state index contributed by atoms with van der Waals surface area (Å²) >= 11 is 0. The largest absolute Gasteiger partial charge is 0.328 e. The molecule has 2 N–H and O–H groups in total. The van der Waals surface area contributed by atoms with E-state index >= 15 is 0 Å². The Kier molecular flexibility index (Phi) is 1.47. The molecule has 2 heterocycles. The van der Waals surface area contributed by atoms with Crippen molar-refractivity contribution in [1.82, 2.24) is 14.8 Å². The van der Waals surface area contributed by atoms with Gasteiger partial charge in [-0.15, -0.1) is 10.2 Å². The molecule has 1 aromatic rings. The first kappa shape index (κ1) is 7.50. The van der Waals surface area contributed by atoms with Crippen molar-refractivity contribution >= 4 is 0 Å². The molecule has 1 fully saturated rings. The van der Waals surface area contributed by atoms with Crippen LogP contribution < -0.4 is 5.73 Å². The quantitative estimate of drug-likeness (QED) is 0.678. The van der Waals surface area contributed by atoms with Gasteiger partial charge in [-0.3, -0.25) is 0 Å². The second-order valence-corrected chi connectivity index (χ2v) is 4.16. The molecule has 4 heteroatoms. The summed E-state index contributed by atoms with van der Waals surface area (Å²) in [5, 5.41) is 8.45. The maximum Gasteiger partial charge on any atom is 0.136 e. The fourth-order valence-electron chi connectivity index (χ4n) is 2.35. The SMILES string of the molecule is NC1CC(c2nnc3n2CCC3)C1. The van der Waals surface area contributed by atoms with Crippen LogP contribution in [0.3, 0.4) is 0 Å². The lowest BCUT2D eigenvalue weighted by molar-refractivity contribution is 0.329. The predicted molar refractivity (Wildman–Crippen MR) is 48.3 cm³/mol. The number of hydrogen-bond acceptors (Lipinski definition) is 3. The molecular formula is C9H14N4. The Morgan fingerprint density at radius 2 is 2.15 bits per heavy atom. The Hall–Kier alpha value is -0.900. The van der Waals surface area contributed by atoms with Crippen molar-refractivity contribution in [3.8, 4) is 0 Å². The fourth-order valence-corrected chi connectivity index (χ4v) is 2.35. The lowest BCUT2D eigenvalue weighted by Crippen LogP contribution is -2.36. The molecule has 0 bridgehead atoms. The molecule has 13 heavy (non-hydrogen) atoms. The van der Waals surface area contributed by atoms with Crippen LogP contribution in [-0.4, -0.2) is 20.8 Å². The minimum absolute atomic E-state index is 0.402. The maximum absolute atomic E-state index is 5.76. The van der Waals surface area contributed by atoms with E-state index in [0.29, 0.717) is 12.0 Å². The topological polar surface area (TPSA) is 56.7 Å². The summed E-state index contributed by atoms with van der Waals surface area (Å²) in [5.74, 6) is 2.96.